The maximum absolute atomic E-state index is 12.2. The molecule has 1 aromatic heterocycles. The van der Waals surface area contributed by atoms with Crippen LogP contribution in [-0.4, -0.2) is 24.2 Å². The zero-order chi connectivity index (χ0) is 20.5. The number of nitrogens with zero attached hydrogens (tertiary/aromatic N) is 1. The number of hydrogen-bond acceptors (Lipinski definition) is 5. The number of pyridine rings is 1. The number of hydrogen-bond donors (Lipinski definition) is 0. The number of carbonyl (C=O) groups excluding carboxylic acids is 1. The summed E-state index contributed by atoms with van der Waals surface area (Å²) in [5.41, 5.74) is 2.55. The first-order chi connectivity index (χ1) is 14.2. The topological polar surface area (TPSA) is 57.7 Å². The van der Waals surface area contributed by atoms with Gasteiger partial charge in [-0.05, 0) is 43.2 Å². The fourth-order valence-corrected chi connectivity index (χ4v) is 2.87. The summed E-state index contributed by atoms with van der Waals surface area (Å²) in [5, 5.41) is 1.02. The van der Waals surface area contributed by atoms with Gasteiger partial charge in [0.2, 0.25) is 0 Å². The molecular weight excluding hydrogens is 366 g/mol. The van der Waals surface area contributed by atoms with Crippen LogP contribution in [0.15, 0.2) is 60.8 Å². The highest BCUT2D eigenvalue weighted by molar-refractivity contribution is 5.87. The van der Waals surface area contributed by atoms with E-state index in [-0.39, 0.29) is 6.61 Å². The molecule has 0 amide bonds. The van der Waals surface area contributed by atoms with Gasteiger partial charge in [-0.2, -0.15) is 0 Å². The third kappa shape index (κ3) is 5.57. The Hall–Kier alpha value is -3.34. The first kappa shape index (κ1) is 20.4. The fourth-order valence-electron chi connectivity index (χ4n) is 2.87. The van der Waals surface area contributed by atoms with Gasteiger partial charge < -0.3 is 14.2 Å². The average Bonchev–Trinajstić information content (AvgIpc) is 2.75. The van der Waals surface area contributed by atoms with Crippen molar-refractivity contribution < 1.29 is 19.0 Å². The van der Waals surface area contributed by atoms with E-state index in [0.717, 1.165) is 28.5 Å². The molecule has 0 saturated heterocycles. The van der Waals surface area contributed by atoms with E-state index >= 15 is 0 Å². The van der Waals surface area contributed by atoms with E-state index in [1.807, 2.05) is 55.5 Å². The van der Waals surface area contributed by atoms with Gasteiger partial charge in [-0.25, -0.2) is 4.79 Å². The monoisotopic (exact) mass is 391 g/mol. The highest BCUT2D eigenvalue weighted by atomic mass is 16.5. The number of fused-ring (bicyclic) bond motifs is 1. The first-order valence-electron chi connectivity index (χ1n) is 9.78. The second-order valence-electron chi connectivity index (χ2n) is 6.42. The zero-order valence-electron chi connectivity index (χ0n) is 16.8. The van der Waals surface area contributed by atoms with E-state index in [0.29, 0.717) is 24.7 Å². The summed E-state index contributed by atoms with van der Waals surface area (Å²) in [7, 11) is 0. The molecule has 0 unspecified atom stereocenters. The minimum atomic E-state index is -0.415. The summed E-state index contributed by atoms with van der Waals surface area (Å²) in [6.45, 7) is 5.32. The van der Waals surface area contributed by atoms with E-state index in [2.05, 4.69) is 11.9 Å². The second-order valence-corrected chi connectivity index (χ2v) is 6.42. The molecule has 0 N–H and O–H groups in total. The van der Waals surface area contributed by atoms with Gasteiger partial charge in [0.05, 0.1) is 18.7 Å². The molecule has 5 heteroatoms. The lowest BCUT2D eigenvalue weighted by Gasteiger charge is -2.12. The minimum absolute atomic E-state index is 0.172. The van der Waals surface area contributed by atoms with Crippen molar-refractivity contribution in [2.75, 3.05) is 13.2 Å². The van der Waals surface area contributed by atoms with E-state index in [1.165, 1.54) is 6.08 Å². The van der Waals surface area contributed by atoms with Crippen LogP contribution in [0.4, 0.5) is 0 Å². The van der Waals surface area contributed by atoms with Crippen LogP contribution in [-0.2, 0) is 16.1 Å². The van der Waals surface area contributed by atoms with Crippen LogP contribution < -0.4 is 9.47 Å². The number of benzene rings is 2. The predicted molar refractivity (Wildman–Crippen MR) is 114 cm³/mol. The smallest absolute Gasteiger partial charge is 0.331 e. The number of rotatable bonds is 9. The van der Waals surface area contributed by atoms with Crippen LogP contribution in [0.25, 0.3) is 17.0 Å². The Labute approximate surface area is 170 Å². The molecule has 0 fully saturated rings. The molecular formula is C24H25NO4. The molecule has 1 heterocycles. The van der Waals surface area contributed by atoms with Crippen molar-refractivity contribution in [2.45, 2.75) is 26.9 Å². The number of esters is 1. The Balaban J connectivity index is 1.64. The van der Waals surface area contributed by atoms with Gasteiger partial charge in [0, 0.05) is 23.2 Å². The van der Waals surface area contributed by atoms with Crippen molar-refractivity contribution in [3.8, 4) is 11.5 Å². The van der Waals surface area contributed by atoms with Gasteiger partial charge in [0.15, 0.2) is 11.5 Å². The predicted octanol–water partition coefficient (Wildman–Crippen LogP) is 5.18. The Morgan fingerprint density at radius 1 is 1.03 bits per heavy atom. The van der Waals surface area contributed by atoms with E-state index in [4.69, 9.17) is 14.2 Å². The van der Waals surface area contributed by atoms with Crippen molar-refractivity contribution in [1.29, 1.82) is 0 Å². The van der Waals surface area contributed by atoms with Crippen LogP contribution in [0, 0.1) is 0 Å². The molecule has 29 heavy (non-hydrogen) atoms. The Morgan fingerprint density at radius 2 is 1.90 bits per heavy atom. The highest BCUT2D eigenvalue weighted by Gasteiger charge is 2.07. The maximum atomic E-state index is 12.2. The molecule has 3 rings (SSSR count). The molecule has 0 bridgehead atoms. The Morgan fingerprint density at radius 3 is 2.72 bits per heavy atom. The van der Waals surface area contributed by atoms with E-state index in [1.54, 1.807) is 12.3 Å². The van der Waals surface area contributed by atoms with Crippen LogP contribution in [0.2, 0.25) is 0 Å². The van der Waals surface area contributed by atoms with Gasteiger partial charge in [0.1, 0.15) is 6.61 Å². The number of para-hydroxylation sites is 1. The molecule has 5 nitrogen and oxygen atoms in total. The summed E-state index contributed by atoms with van der Waals surface area (Å²) in [6, 6.07) is 15.3. The van der Waals surface area contributed by atoms with Gasteiger partial charge in [-0.15, -0.1) is 0 Å². The molecule has 3 aromatic rings. The van der Waals surface area contributed by atoms with E-state index in [9.17, 15) is 4.79 Å². The van der Waals surface area contributed by atoms with Crippen molar-refractivity contribution in [3.05, 3.63) is 71.9 Å². The quantitative estimate of drug-likeness (QED) is 0.372. The van der Waals surface area contributed by atoms with Gasteiger partial charge in [-0.3, -0.25) is 4.98 Å². The highest BCUT2D eigenvalue weighted by Crippen LogP contribution is 2.29. The van der Waals surface area contributed by atoms with Gasteiger partial charge in [0.25, 0.3) is 0 Å². The maximum Gasteiger partial charge on any atom is 0.331 e. The number of aromatic nitrogens is 1. The summed E-state index contributed by atoms with van der Waals surface area (Å²) in [6.07, 6.45) is 5.77. The molecule has 0 saturated carbocycles. The van der Waals surface area contributed by atoms with Crippen LogP contribution in [0.3, 0.4) is 0 Å². The molecule has 0 radical (unpaired) electrons. The summed E-state index contributed by atoms with van der Waals surface area (Å²) < 4.78 is 16.7. The summed E-state index contributed by atoms with van der Waals surface area (Å²) in [5.74, 6) is 0.956. The van der Waals surface area contributed by atoms with Crippen molar-refractivity contribution in [2.24, 2.45) is 0 Å². The number of carbonyl (C=O) groups is 1. The third-order valence-corrected chi connectivity index (χ3v) is 4.23. The van der Waals surface area contributed by atoms with Gasteiger partial charge in [-0.1, -0.05) is 37.3 Å². The lowest BCUT2D eigenvalue weighted by atomic mass is 10.1. The SMILES string of the molecule is CCCOc1ccc(/C=C/C(=O)OCc2cccc3cccnc23)cc1OCC. The summed E-state index contributed by atoms with van der Waals surface area (Å²) >= 11 is 0. The minimum Gasteiger partial charge on any atom is -0.490 e. The normalized spacial score (nSPS) is 11.0. The number of ether oxygens (including phenoxy) is 3. The van der Waals surface area contributed by atoms with Crippen molar-refractivity contribution >= 4 is 22.9 Å². The Bertz CT molecular complexity index is 992. The van der Waals surface area contributed by atoms with E-state index < -0.39 is 5.97 Å². The van der Waals surface area contributed by atoms with Gasteiger partial charge >= 0.3 is 5.97 Å². The lowest BCUT2D eigenvalue weighted by Crippen LogP contribution is -2.02. The average molecular weight is 391 g/mol. The molecule has 0 atom stereocenters. The molecule has 0 aliphatic heterocycles. The summed E-state index contributed by atoms with van der Waals surface area (Å²) in [4.78, 5) is 16.5. The van der Waals surface area contributed by atoms with Crippen LogP contribution >= 0.6 is 0 Å². The van der Waals surface area contributed by atoms with Crippen molar-refractivity contribution in [1.82, 2.24) is 4.98 Å². The second kappa shape index (κ2) is 10.3. The third-order valence-electron chi connectivity index (χ3n) is 4.23. The molecule has 2 aromatic carbocycles. The molecule has 0 aliphatic carbocycles. The van der Waals surface area contributed by atoms with Crippen LogP contribution in [0.5, 0.6) is 11.5 Å². The first-order valence-corrected chi connectivity index (χ1v) is 9.78. The van der Waals surface area contributed by atoms with Crippen molar-refractivity contribution in [3.63, 3.8) is 0 Å². The van der Waals surface area contributed by atoms with Crippen LogP contribution in [0.1, 0.15) is 31.4 Å². The standard InChI is InChI=1S/C24H25NO4/c1-3-15-28-21-12-10-18(16-22(21)27-4-2)11-13-23(26)29-17-20-8-5-7-19-9-6-14-25-24(19)20/h5-14,16H,3-4,15,17H2,1-2H3/b13-11+. The molecule has 0 aliphatic rings. The largest absolute Gasteiger partial charge is 0.490 e. The fraction of sp³-hybridized carbons (Fsp3) is 0.250. The molecule has 0 spiro atoms. The lowest BCUT2D eigenvalue weighted by molar-refractivity contribution is -0.138. The molecule has 150 valence electrons. The zero-order valence-corrected chi connectivity index (χ0v) is 16.8. The Kier molecular flexibility index (Phi) is 7.22.